The lowest BCUT2D eigenvalue weighted by Crippen LogP contribution is -2.58. The van der Waals surface area contributed by atoms with Gasteiger partial charge in [-0.15, -0.1) is 0 Å². The summed E-state index contributed by atoms with van der Waals surface area (Å²) in [6.45, 7) is 0. The van der Waals surface area contributed by atoms with Crippen molar-refractivity contribution in [3.63, 3.8) is 0 Å². The fraction of sp³-hybridized carbons (Fsp3) is 0.316. The zero-order valence-electron chi connectivity index (χ0n) is 15.2. The van der Waals surface area contributed by atoms with E-state index < -0.39 is 5.66 Å². The van der Waals surface area contributed by atoms with Gasteiger partial charge in [-0.1, -0.05) is 18.0 Å². The molecule has 1 spiro atoms. The number of halogens is 1. The number of amides is 1. The number of carbonyl (C=O) groups is 1. The van der Waals surface area contributed by atoms with Crippen LogP contribution in [0.4, 0.5) is 11.4 Å². The van der Waals surface area contributed by atoms with Crippen LogP contribution in [0.2, 0.25) is 5.02 Å². The number of nitrogens with one attached hydrogen (secondary N) is 1. The molecule has 1 saturated carbocycles. The topological polar surface area (TPSA) is 122 Å². The molecule has 1 aliphatic heterocycles. The van der Waals surface area contributed by atoms with Gasteiger partial charge in [0.2, 0.25) is 11.9 Å². The first-order valence-electron chi connectivity index (χ1n) is 9.13. The molecule has 146 valence electrons. The van der Waals surface area contributed by atoms with Crippen LogP contribution in [0, 0.1) is 0 Å². The third-order valence-electron chi connectivity index (χ3n) is 5.05. The van der Waals surface area contributed by atoms with Crippen LogP contribution in [-0.2, 0) is 0 Å². The van der Waals surface area contributed by atoms with Gasteiger partial charge in [0.05, 0.1) is 17.0 Å². The first-order valence-corrected chi connectivity index (χ1v) is 9.50. The van der Waals surface area contributed by atoms with Crippen LogP contribution in [0.3, 0.4) is 0 Å². The Labute approximate surface area is 167 Å². The van der Waals surface area contributed by atoms with Gasteiger partial charge in [0.25, 0.3) is 5.91 Å². The van der Waals surface area contributed by atoms with Gasteiger partial charge >= 0.3 is 0 Å². The van der Waals surface area contributed by atoms with E-state index in [0.29, 0.717) is 10.7 Å². The van der Waals surface area contributed by atoms with Gasteiger partial charge in [-0.2, -0.15) is 4.99 Å². The van der Waals surface area contributed by atoms with Crippen molar-refractivity contribution in [2.75, 3.05) is 10.2 Å². The number of benzene rings is 1. The van der Waals surface area contributed by atoms with Crippen LogP contribution in [-0.4, -0.2) is 23.5 Å². The lowest BCUT2D eigenvalue weighted by atomic mass is 9.87. The maximum absolute atomic E-state index is 12.4. The van der Waals surface area contributed by atoms with Crippen LogP contribution in [0.1, 0.15) is 42.7 Å². The summed E-state index contributed by atoms with van der Waals surface area (Å²) >= 11 is 6.30. The Kier molecular flexibility index (Phi) is 4.72. The first-order chi connectivity index (χ1) is 13.5. The van der Waals surface area contributed by atoms with E-state index in [1.54, 1.807) is 24.3 Å². The molecule has 4 rings (SSSR count). The van der Waals surface area contributed by atoms with E-state index in [9.17, 15) is 4.79 Å². The molecular formula is C19H21ClN6O2. The molecule has 9 heteroatoms. The Morgan fingerprint density at radius 2 is 2.00 bits per heavy atom. The molecule has 1 aliphatic carbocycles. The van der Waals surface area contributed by atoms with Gasteiger partial charge in [-0.05, 0) is 56.0 Å². The SMILES string of the molecule is NC1=NC2(CCCCC2)N(c2ccc(Cl)c(NC(=O)c3ccco3)c2)C(N)=N1. The molecule has 2 aromatic rings. The smallest absolute Gasteiger partial charge is 0.291 e. The molecular weight excluding hydrogens is 380 g/mol. The summed E-state index contributed by atoms with van der Waals surface area (Å²) in [5, 5.41) is 3.17. The van der Waals surface area contributed by atoms with E-state index in [1.165, 1.54) is 6.26 Å². The lowest BCUT2D eigenvalue weighted by Gasteiger charge is -2.45. The van der Waals surface area contributed by atoms with Gasteiger partial charge in [-0.25, -0.2) is 4.99 Å². The van der Waals surface area contributed by atoms with Crippen LogP contribution < -0.4 is 21.7 Å². The molecule has 1 amide bonds. The number of carbonyl (C=O) groups excluding carboxylic acids is 1. The zero-order valence-corrected chi connectivity index (χ0v) is 15.9. The molecule has 2 heterocycles. The summed E-state index contributed by atoms with van der Waals surface area (Å²) < 4.78 is 5.14. The van der Waals surface area contributed by atoms with Gasteiger partial charge < -0.3 is 21.2 Å². The van der Waals surface area contributed by atoms with Crippen molar-refractivity contribution in [3.8, 4) is 0 Å². The second kappa shape index (κ2) is 7.20. The van der Waals surface area contributed by atoms with E-state index in [-0.39, 0.29) is 23.6 Å². The number of guanidine groups is 2. The average molecular weight is 401 g/mol. The Morgan fingerprint density at radius 3 is 2.71 bits per heavy atom. The minimum atomic E-state index is -0.565. The predicted molar refractivity (Wildman–Crippen MR) is 110 cm³/mol. The summed E-state index contributed by atoms with van der Waals surface area (Å²) in [5.74, 6) is 0.275. The maximum atomic E-state index is 12.4. The molecule has 0 radical (unpaired) electrons. The second-order valence-corrected chi connectivity index (χ2v) is 7.32. The molecule has 1 aromatic heterocycles. The van der Waals surface area contributed by atoms with E-state index in [2.05, 4.69) is 15.3 Å². The largest absolute Gasteiger partial charge is 0.459 e. The minimum Gasteiger partial charge on any atom is -0.459 e. The highest BCUT2D eigenvalue weighted by Crippen LogP contribution is 2.40. The van der Waals surface area contributed by atoms with E-state index in [4.69, 9.17) is 27.5 Å². The predicted octanol–water partition coefficient (Wildman–Crippen LogP) is 3.30. The quantitative estimate of drug-likeness (QED) is 0.729. The third kappa shape index (κ3) is 3.31. The number of furan rings is 1. The highest BCUT2D eigenvalue weighted by Gasteiger charge is 2.42. The average Bonchev–Trinajstić information content (AvgIpc) is 3.19. The molecule has 28 heavy (non-hydrogen) atoms. The van der Waals surface area contributed by atoms with Crippen molar-refractivity contribution in [3.05, 3.63) is 47.4 Å². The van der Waals surface area contributed by atoms with Crippen LogP contribution >= 0.6 is 11.6 Å². The number of rotatable bonds is 3. The number of hydrogen-bond acceptors (Lipinski definition) is 7. The van der Waals surface area contributed by atoms with Crippen molar-refractivity contribution in [2.24, 2.45) is 21.5 Å². The Hall–Kier alpha value is -3.00. The number of anilines is 2. The van der Waals surface area contributed by atoms with Gasteiger partial charge in [0.1, 0.15) is 5.66 Å². The number of nitrogens with two attached hydrogens (primary N) is 2. The third-order valence-corrected chi connectivity index (χ3v) is 5.38. The summed E-state index contributed by atoms with van der Waals surface area (Å²) in [6.07, 6.45) is 6.27. The normalized spacial score (nSPS) is 18.5. The first kappa shape index (κ1) is 18.4. The summed E-state index contributed by atoms with van der Waals surface area (Å²) in [5.41, 5.74) is 12.8. The van der Waals surface area contributed by atoms with Crippen molar-refractivity contribution in [2.45, 2.75) is 37.8 Å². The van der Waals surface area contributed by atoms with Crippen LogP contribution in [0.25, 0.3) is 0 Å². The second-order valence-electron chi connectivity index (χ2n) is 6.91. The summed E-state index contributed by atoms with van der Waals surface area (Å²) in [7, 11) is 0. The molecule has 0 saturated heterocycles. The van der Waals surface area contributed by atoms with Gasteiger partial charge in [-0.3, -0.25) is 9.69 Å². The van der Waals surface area contributed by atoms with Crippen molar-refractivity contribution in [1.29, 1.82) is 0 Å². The zero-order chi connectivity index (χ0) is 19.7. The summed E-state index contributed by atoms with van der Waals surface area (Å²) in [4.78, 5) is 23.1. The fourth-order valence-corrected chi connectivity index (χ4v) is 4.00. The maximum Gasteiger partial charge on any atom is 0.291 e. The van der Waals surface area contributed by atoms with Crippen LogP contribution in [0.5, 0.6) is 0 Å². The number of nitrogens with zero attached hydrogens (tertiary/aromatic N) is 3. The highest BCUT2D eigenvalue weighted by atomic mass is 35.5. The van der Waals surface area contributed by atoms with Crippen molar-refractivity contribution < 1.29 is 9.21 Å². The standard InChI is InChI=1S/C19H21ClN6O2/c20-13-7-6-12(11-14(13)23-16(27)15-5-4-10-28-15)26-18(22)24-17(21)25-19(26)8-2-1-3-9-19/h4-7,10-11H,1-3,8-9H2,(H,23,27)(H4,21,22,24,25). The van der Waals surface area contributed by atoms with Gasteiger partial charge in [0.15, 0.2) is 5.76 Å². The molecule has 0 atom stereocenters. The van der Waals surface area contributed by atoms with E-state index in [0.717, 1.165) is 37.8 Å². The molecule has 5 N–H and O–H groups in total. The Balaban J connectivity index is 1.70. The fourth-order valence-electron chi connectivity index (χ4n) is 3.83. The van der Waals surface area contributed by atoms with Crippen molar-refractivity contribution in [1.82, 2.24) is 0 Å². The molecule has 0 bridgehead atoms. The molecule has 1 fully saturated rings. The Bertz CT molecular complexity index is 947. The van der Waals surface area contributed by atoms with E-state index >= 15 is 0 Å². The molecule has 1 aromatic carbocycles. The Morgan fingerprint density at radius 1 is 1.21 bits per heavy atom. The molecule has 8 nitrogen and oxygen atoms in total. The van der Waals surface area contributed by atoms with E-state index in [1.807, 2.05) is 11.0 Å². The minimum absolute atomic E-state index is 0.191. The molecule has 0 unspecified atom stereocenters. The van der Waals surface area contributed by atoms with Crippen molar-refractivity contribution >= 4 is 40.8 Å². The number of aliphatic imine (C=N–C) groups is 2. The summed E-state index contributed by atoms with van der Waals surface area (Å²) in [6, 6.07) is 8.53. The van der Waals surface area contributed by atoms with Crippen LogP contribution in [0.15, 0.2) is 51.0 Å². The monoisotopic (exact) mass is 400 g/mol. The molecule has 2 aliphatic rings. The van der Waals surface area contributed by atoms with Gasteiger partial charge in [0, 0.05) is 5.69 Å². The highest BCUT2D eigenvalue weighted by molar-refractivity contribution is 6.34. The number of hydrogen-bond donors (Lipinski definition) is 3. The lowest BCUT2D eigenvalue weighted by molar-refractivity contribution is 0.0996.